The molecular formula is C12H14BrN3O2S. The molecule has 0 saturated carbocycles. The van der Waals surface area contributed by atoms with Crippen molar-refractivity contribution in [2.75, 3.05) is 4.72 Å². The molecule has 0 saturated heterocycles. The third-order valence-electron chi connectivity index (χ3n) is 2.88. The minimum absolute atomic E-state index is 0.243. The average molecular weight is 344 g/mol. The molecule has 102 valence electrons. The molecule has 19 heavy (non-hydrogen) atoms. The second-order valence-corrected chi connectivity index (χ2v) is 6.82. The summed E-state index contributed by atoms with van der Waals surface area (Å²) < 4.78 is 29.1. The fourth-order valence-electron chi connectivity index (χ4n) is 1.61. The van der Waals surface area contributed by atoms with Crippen LogP contribution >= 0.6 is 15.9 Å². The van der Waals surface area contributed by atoms with Crippen LogP contribution in [0.2, 0.25) is 0 Å². The number of nitrogens with one attached hydrogen (secondary N) is 1. The maximum absolute atomic E-state index is 12.3. The highest BCUT2D eigenvalue weighted by atomic mass is 79.9. The number of sulfonamides is 1. The summed E-state index contributed by atoms with van der Waals surface area (Å²) in [7, 11) is -1.92. The lowest BCUT2D eigenvalue weighted by Crippen LogP contribution is -2.15. The number of hydrogen-bond donors (Lipinski definition) is 1. The van der Waals surface area contributed by atoms with Gasteiger partial charge >= 0.3 is 0 Å². The number of halogens is 1. The first kappa shape index (κ1) is 14.1. The van der Waals surface area contributed by atoms with Crippen LogP contribution in [0, 0.1) is 13.8 Å². The van der Waals surface area contributed by atoms with Gasteiger partial charge in [-0.15, -0.1) is 0 Å². The van der Waals surface area contributed by atoms with E-state index in [1.54, 1.807) is 31.3 Å². The second kappa shape index (κ2) is 4.97. The zero-order chi connectivity index (χ0) is 14.2. The van der Waals surface area contributed by atoms with Crippen molar-refractivity contribution < 1.29 is 8.42 Å². The monoisotopic (exact) mass is 343 g/mol. The van der Waals surface area contributed by atoms with Crippen LogP contribution in [-0.2, 0) is 17.1 Å². The van der Waals surface area contributed by atoms with Crippen molar-refractivity contribution in [3.8, 4) is 0 Å². The lowest BCUT2D eigenvalue weighted by atomic mass is 10.1. The van der Waals surface area contributed by atoms with Crippen LogP contribution in [0.4, 0.5) is 5.82 Å². The molecule has 0 unspecified atom stereocenters. The van der Waals surface area contributed by atoms with Crippen molar-refractivity contribution in [3.05, 3.63) is 40.0 Å². The molecule has 1 heterocycles. The third-order valence-corrected chi connectivity index (χ3v) is 4.62. The van der Waals surface area contributed by atoms with Crippen molar-refractivity contribution in [3.63, 3.8) is 0 Å². The van der Waals surface area contributed by atoms with Crippen LogP contribution in [-0.4, -0.2) is 18.2 Å². The maximum Gasteiger partial charge on any atom is 0.263 e. The number of nitrogens with zero attached hydrogens (tertiary/aromatic N) is 2. The molecule has 0 aliphatic rings. The molecule has 0 aliphatic heterocycles. The van der Waals surface area contributed by atoms with Crippen LogP contribution in [0.5, 0.6) is 0 Å². The first-order chi connectivity index (χ1) is 8.79. The van der Waals surface area contributed by atoms with Gasteiger partial charge < -0.3 is 0 Å². The summed E-state index contributed by atoms with van der Waals surface area (Å²) in [6, 6.07) is 6.65. The predicted octanol–water partition coefficient (Wildman–Crippen LogP) is 2.60. The lowest BCUT2D eigenvalue weighted by molar-refractivity contribution is 0.600. The number of aromatic nitrogens is 2. The van der Waals surface area contributed by atoms with E-state index >= 15 is 0 Å². The van der Waals surface area contributed by atoms with Crippen molar-refractivity contribution in [1.29, 1.82) is 0 Å². The molecule has 1 aromatic heterocycles. The highest BCUT2D eigenvalue weighted by molar-refractivity contribution is 9.10. The quantitative estimate of drug-likeness (QED) is 0.931. The highest BCUT2D eigenvalue weighted by Crippen LogP contribution is 2.20. The topological polar surface area (TPSA) is 64.0 Å². The summed E-state index contributed by atoms with van der Waals surface area (Å²) in [6.07, 6.45) is 0. The van der Waals surface area contributed by atoms with Crippen molar-refractivity contribution >= 4 is 31.8 Å². The Bertz CT molecular complexity index is 723. The minimum Gasteiger partial charge on any atom is -0.264 e. The van der Waals surface area contributed by atoms with Gasteiger partial charge in [-0.3, -0.25) is 9.40 Å². The highest BCUT2D eigenvalue weighted by Gasteiger charge is 2.17. The number of benzene rings is 1. The maximum atomic E-state index is 12.3. The number of anilines is 1. The van der Waals surface area contributed by atoms with Gasteiger partial charge in [-0.05, 0) is 53.0 Å². The van der Waals surface area contributed by atoms with Gasteiger partial charge in [-0.25, -0.2) is 8.42 Å². The van der Waals surface area contributed by atoms with Gasteiger partial charge in [0.15, 0.2) is 0 Å². The number of aryl methyl sites for hydroxylation is 3. The molecule has 7 heteroatoms. The minimum atomic E-state index is -3.59. The molecule has 0 atom stereocenters. The number of rotatable bonds is 3. The Hall–Kier alpha value is -1.34. The molecule has 2 aromatic rings. The van der Waals surface area contributed by atoms with Crippen molar-refractivity contribution in [2.24, 2.45) is 7.05 Å². The van der Waals surface area contributed by atoms with E-state index in [2.05, 4.69) is 25.8 Å². The molecule has 0 fully saturated rings. The van der Waals surface area contributed by atoms with Gasteiger partial charge in [0.1, 0.15) is 10.4 Å². The predicted molar refractivity (Wildman–Crippen MR) is 77.6 cm³/mol. The van der Waals surface area contributed by atoms with Gasteiger partial charge in [0.05, 0.1) is 4.90 Å². The van der Waals surface area contributed by atoms with Gasteiger partial charge in [-0.1, -0.05) is 6.07 Å². The van der Waals surface area contributed by atoms with E-state index in [-0.39, 0.29) is 4.90 Å². The van der Waals surface area contributed by atoms with Crippen LogP contribution in [0.15, 0.2) is 33.8 Å². The molecule has 1 N–H and O–H groups in total. The Morgan fingerprint density at radius 2 is 1.89 bits per heavy atom. The lowest BCUT2D eigenvalue weighted by Gasteiger charge is -2.09. The molecule has 0 amide bonds. The SMILES string of the molecule is Cc1ccc(S(=O)(=O)Nc2cc(Br)nn2C)cc1C. The van der Waals surface area contributed by atoms with Crippen molar-refractivity contribution in [1.82, 2.24) is 9.78 Å². The smallest absolute Gasteiger partial charge is 0.263 e. The Morgan fingerprint density at radius 3 is 2.42 bits per heavy atom. The van der Waals surface area contributed by atoms with E-state index in [1.165, 1.54) is 4.68 Å². The van der Waals surface area contributed by atoms with Gasteiger partial charge in [0.2, 0.25) is 0 Å². The summed E-state index contributed by atoms with van der Waals surface area (Å²) in [5, 5.41) is 4.03. The van der Waals surface area contributed by atoms with Crippen LogP contribution in [0.3, 0.4) is 0 Å². The van der Waals surface area contributed by atoms with Gasteiger partial charge in [0.25, 0.3) is 10.0 Å². The normalized spacial score (nSPS) is 11.6. The van der Waals surface area contributed by atoms with Gasteiger partial charge in [-0.2, -0.15) is 5.10 Å². The third kappa shape index (κ3) is 2.98. The molecule has 0 aliphatic carbocycles. The first-order valence-corrected chi connectivity index (χ1v) is 7.87. The van der Waals surface area contributed by atoms with E-state index in [9.17, 15) is 8.42 Å². The molecular weight excluding hydrogens is 330 g/mol. The van der Waals surface area contributed by atoms with Crippen LogP contribution < -0.4 is 4.72 Å². The molecule has 0 bridgehead atoms. The first-order valence-electron chi connectivity index (χ1n) is 5.59. The summed E-state index contributed by atoms with van der Waals surface area (Å²) in [6.45, 7) is 3.83. The van der Waals surface area contributed by atoms with E-state index in [0.717, 1.165) is 11.1 Å². The Morgan fingerprint density at radius 1 is 1.21 bits per heavy atom. The van der Waals surface area contributed by atoms with E-state index < -0.39 is 10.0 Å². The molecule has 2 rings (SSSR count). The average Bonchev–Trinajstić information content (AvgIpc) is 2.60. The van der Waals surface area contributed by atoms with E-state index in [4.69, 9.17) is 0 Å². The number of hydrogen-bond acceptors (Lipinski definition) is 3. The second-order valence-electron chi connectivity index (χ2n) is 4.33. The Labute approximate surface area is 120 Å². The molecule has 0 radical (unpaired) electrons. The van der Waals surface area contributed by atoms with E-state index in [0.29, 0.717) is 10.4 Å². The Kier molecular flexibility index (Phi) is 3.69. The standard InChI is InChI=1S/C12H14BrN3O2S/c1-8-4-5-10(6-9(8)2)19(17,18)15-12-7-11(13)14-16(12)3/h4-7,15H,1-3H3. The molecule has 0 spiro atoms. The fourth-order valence-corrected chi connectivity index (χ4v) is 3.22. The Balaban J connectivity index is 2.37. The molecule has 5 nitrogen and oxygen atoms in total. The van der Waals surface area contributed by atoms with Crippen LogP contribution in [0.1, 0.15) is 11.1 Å². The molecule has 1 aromatic carbocycles. The summed E-state index contributed by atoms with van der Waals surface area (Å²) >= 11 is 3.20. The van der Waals surface area contributed by atoms with Crippen molar-refractivity contribution in [2.45, 2.75) is 18.7 Å². The zero-order valence-electron chi connectivity index (χ0n) is 10.8. The summed E-state index contributed by atoms with van der Waals surface area (Å²) in [5.41, 5.74) is 2.00. The summed E-state index contributed by atoms with van der Waals surface area (Å²) in [5.74, 6) is 0.408. The van der Waals surface area contributed by atoms with E-state index in [1.807, 2.05) is 13.8 Å². The largest absolute Gasteiger partial charge is 0.264 e. The summed E-state index contributed by atoms with van der Waals surface area (Å²) in [4.78, 5) is 0.243. The zero-order valence-corrected chi connectivity index (χ0v) is 13.2. The fraction of sp³-hybridized carbons (Fsp3) is 0.250. The van der Waals surface area contributed by atoms with Crippen LogP contribution in [0.25, 0.3) is 0 Å². The van der Waals surface area contributed by atoms with Gasteiger partial charge in [0, 0.05) is 13.1 Å².